The first kappa shape index (κ1) is 11.1. The van der Waals surface area contributed by atoms with Crippen molar-refractivity contribution in [2.75, 3.05) is 0 Å². The first-order valence-corrected chi connectivity index (χ1v) is 7.69. The molecule has 0 unspecified atom stereocenters. The Bertz CT molecular complexity index is 197. The fraction of sp³-hybridized carbons (Fsp3) is 1.00. The van der Waals surface area contributed by atoms with Crippen LogP contribution in [0.3, 0.4) is 0 Å². The van der Waals surface area contributed by atoms with Gasteiger partial charge in [0, 0.05) is 12.1 Å². The zero-order valence-corrected chi connectivity index (χ0v) is 10.6. The lowest BCUT2D eigenvalue weighted by Crippen LogP contribution is -2.41. The van der Waals surface area contributed by atoms with Gasteiger partial charge in [-0.1, -0.05) is 32.1 Å². The average molecular weight is 221 g/mol. The Labute approximate surface area is 100 Å². The third kappa shape index (κ3) is 3.00. The maximum atomic E-state index is 4.05. The van der Waals surface area contributed by atoms with E-state index in [1.54, 1.807) is 0 Å². The summed E-state index contributed by atoms with van der Waals surface area (Å²) in [6.45, 7) is 0. The van der Waals surface area contributed by atoms with E-state index >= 15 is 0 Å². The van der Waals surface area contributed by atoms with Crippen molar-refractivity contribution in [2.24, 2.45) is 11.8 Å². The molecule has 0 aromatic rings. The zero-order chi connectivity index (χ0) is 10.8. The van der Waals surface area contributed by atoms with Gasteiger partial charge >= 0.3 is 0 Å². The van der Waals surface area contributed by atoms with Gasteiger partial charge < -0.3 is 5.32 Å². The maximum absolute atomic E-state index is 4.05. The van der Waals surface area contributed by atoms with E-state index in [4.69, 9.17) is 0 Å². The molecule has 3 saturated carbocycles. The molecule has 1 heteroatoms. The average Bonchev–Trinajstić information content (AvgIpc) is 3.12. The molecule has 3 fully saturated rings. The van der Waals surface area contributed by atoms with Crippen molar-refractivity contribution in [3.05, 3.63) is 0 Å². The summed E-state index contributed by atoms with van der Waals surface area (Å²) in [4.78, 5) is 0. The van der Waals surface area contributed by atoms with E-state index in [2.05, 4.69) is 5.32 Å². The normalized spacial score (nSPS) is 29.1. The largest absolute Gasteiger partial charge is 0.311 e. The third-order valence-corrected chi connectivity index (χ3v) is 4.79. The van der Waals surface area contributed by atoms with E-state index in [-0.39, 0.29) is 0 Å². The summed E-state index contributed by atoms with van der Waals surface area (Å²) in [5, 5.41) is 4.05. The highest BCUT2D eigenvalue weighted by Crippen LogP contribution is 2.45. The van der Waals surface area contributed by atoms with E-state index in [1.807, 2.05) is 0 Å². The van der Waals surface area contributed by atoms with Gasteiger partial charge in [0.1, 0.15) is 0 Å². The molecule has 0 heterocycles. The van der Waals surface area contributed by atoms with Gasteiger partial charge in [0.15, 0.2) is 0 Å². The smallest absolute Gasteiger partial charge is 0.0126 e. The standard InChI is InChI=1S/C15H27N/c1-2-4-6-14(7-5-3-1)16-15(12-8-9-12)13-10-11-13/h12-16H,1-11H2. The lowest BCUT2D eigenvalue weighted by atomic mass is 9.95. The third-order valence-electron chi connectivity index (χ3n) is 4.79. The highest BCUT2D eigenvalue weighted by molar-refractivity contribution is 4.97. The topological polar surface area (TPSA) is 12.0 Å². The lowest BCUT2D eigenvalue weighted by Gasteiger charge is -2.27. The Morgan fingerprint density at radius 3 is 1.62 bits per heavy atom. The van der Waals surface area contributed by atoms with Gasteiger partial charge in [-0.3, -0.25) is 0 Å². The maximum Gasteiger partial charge on any atom is 0.0126 e. The van der Waals surface area contributed by atoms with Gasteiger partial charge in [0.25, 0.3) is 0 Å². The molecule has 0 amide bonds. The number of rotatable bonds is 4. The van der Waals surface area contributed by atoms with Crippen LogP contribution in [0.15, 0.2) is 0 Å². The number of hydrogen-bond donors (Lipinski definition) is 1. The van der Waals surface area contributed by atoms with E-state index in [0.717, 1.165) is 23.9 Å². The quantitative estimate of drug-likeness (QED) is 0.759. The molecule has 3 aliphatic rings. The van der Waals surface area contributed by atoms with Crippen molar-refractivity contribution in [3.63, 3.8) is 0 Å². The Balaban J connectivity index is 1.50. The molecule has 1 N–H and O–H groups in total. The molecule has 0 atom stereocenters. The molecule has 92 valence electrons. The second-order valence-electron chi connectivity index (χ2n) is 6.41. The first-order chi connectivity index (χ1) is 7.93. The Hall–Kier alpha value is -0.0400. The summed E-state index contributed by atoms with van der Waals surface area (Å²) in [6.07, 6.45) is 16.4. The molecule has 0 bridgehead atoms. The SMILES string of the molecule is C1CCCC(NC(C2CC2)C2CC2)CCC1. The van der Waals surface area contributed by atoms with Gasteiger partial charge in [-0.2, -0.15) is 0 Å². The second-order valence-corrected chi connectivity index (χ2v) is 6.41. The van der Waals surface area contributed by atoms with Crippen LogP contribution in [-0.4, -0.2) is 12.1 Å². The van der Waals surface area contributed by atoms with Gasteiger partial charge in [-0.25, -0.2) is 0 Å². The predicted octanol–water partition coefficient (Wildman–Crippen LogP) is 3.88. The van der Waals surface area contributed by atoms with Gasteiger partial charge in [0.2, 0.25) is 0 Å². The van der Waals surface area contributed by atoms with Gasteiger partial charge in [-0.15, -0.1) is 0 Å². The van der Waals surface area contributed by atoms with E-state index < -0.39 is 0 Å². The van der Waals surface area contributed by atoms with E-state index in [1.165, 1.54) is 70.6 Å². The van der Waals surface area contributed by atoms with Crippen LogP contribution in [0.2, 0.25) is 0 Å². The van der Waals surface area contributed by atoms with Crippen molar-refractivity contribution in [3.8, 4) is 0 Å². The van der Waals surface area contributed by atoms with Crippen LogP contribution in [0.1, 0.15) is 70.6 Å². The van der Waals surface area contributed by atoms with Crippen molar-refractivity contribution in [2.45, 2.75) is 82.7 Å². The van der Waals surface area contributed by atoms with Crippen molar-refractivity contribution < 1.29 is 0 Å². The van der Waals surface area contributed by atoms with E-state index in [0.29, 0.717) is 0 Å². The molecule has 0 aromatic carbocycles. The Morgan fingerprint density at radius 1 is 0.625 bits per heavy atom. The van der Waals surface area contributed by atoms with E-state index in [9.17, 15) is 0 Å². The summed E-state index contributed by atoms with van der Waals surface area (Å²) < 4.78 is 0. The molecule has 16 heavy (non-hydrogen) atoms. The van der Waals surface area contributed by atoms with Crippen LogP contribution >= 0.6 is 0 Å². The summed E-state index contributed by atoms with van der Waals surface area (Å²) in [5.41, 5.74) is 0. The van der Waals surface area contributed by atoms with Gasteiger partial charge in [-0.05, 0) is 50.4 Å². The molecule has 3 aliphatic carbocycles. The highest BCUT2D eigenvalue weighted by Gasteiger charge is 2.41. The number of hydrogen-bond acceptors (Lipinski definition) is 1. The highest BCUT2D eigenvalue weighted by atomic mass is 15.0. The molecule has 1 nitrogen and oxygen atoms in total. The minimum atomic E-state index is 0.867. The molecular formula is C15H27N. The second kappa shape index (κ2) is 5.08. The van der Waals surface area contributed by atoms with Crippen LogP contribution in [0.4, 0.5) is 0 Å². The van der Waals surface area contributed by atoms with Crippen molar-refractivity contribution >= 4 is 0 Å². The monoisotopic (exact) mass is 221 g/mol. The number of nitrogens with one attached hydrogen (secondary N) is 1. The summed E-state index contributed by atoms with van der Waals surface area (Å²) in [5.74, 6) is 2.14. The predicted molar refractivity (Wildman–Crippen MR) is 68.5 cm³/mol. The summed E-state index contributed by atoms with van der Waals surface area (Å²) >= 11 is 0. The molecule has 0 spiro atoms. The molecular weight excluding hydrogens is 194 g/mol. The summed E-state index contributed by atoms with van der Waals surface area (Å²) in [7, 11) is 0. The Morgan fingerprint density at radius 2 is 1.12 bits per heavy atom. The molecule has 0 radical (unpaired) electrons. The zero-order valence-electron chi connectivity index (χ0n) is 10.6. The van der Waals surface area contributed by atoms with Crippen LogP contribution < -0.4 is 5.32 Å². The van der Waals surface area contributed by atoms with Crippen LogP contribution in [0, 0.1) is 11.8 Å². The minimum Gasteiger partial charge on any atom is -0.311 e. The summed E-state index contributed by atoms with van der Waals surface area (Å²) in [6, 6.07) is 1.79. The van der Waals surface area contributed by atoms with Crippen molar-refractivity contribution in [1.29, 1.82) is 0 Å². The van der Waals surface area contributed by atoms with Crippen molar-refractivity contribution in [1.82, 2.24) is 5.32 Å². The molecule has 3 rings (SSSR count). The minimum absolute atomic E-state index is 0.867. The molecule has 0 aliphatic heterocycles. The molecule has 0 saturated heterocycles. The lowest BCUT2D eigenvalue weighted by molar-refractivity contribution is 0.313. The first-order valence-electron chi connectivity index (χ1n) is 7.69. The van der Waals surface area contributed by atoms with Gasteiger partial charge in [0.05, 0.1) is 0 Å². The fourth-order valence-electron chi connectivity index (χ4n) is 3.46. The van der Waals surface area contributed by atoms with Crippen LogP contribution in [-0.2, 0) is 0 Å². The van der Waals surface area contributed by atoms with Crippen LogP contribution in [0.5, 0.6) is 0 Å². The molecule has 0 aromatic heterocycles. The fourth-order valence-corrected chi connectivity index (χ4v) is 3.46. The Kier molecular flexibility index (Phi) is 3.51. The van der Waals surface area contributed by atoms with Crippen LogP contribution in [0.25, 0.3) is 0 Å².